The summed E-state index contributed by atoms with van der Waals surface area (Å²) in [4.78, 5) is 28.2. The molecule has 0 saturated heterocycles. The fourth-order valence-corrected chi connectivity index (χ4v) is 1.31. The van der Waals surface area contributed by atoms with Gasteiger partial charge in [0.15, 0.2) is 22.7 Å². The van der Waals surface area contributed by atoms with Gasteiger partial charge in [-0.1, -0.05) is 0 Å². The van der Waals surface area contributed by atoms with Crippen LogP contribution >= 0.6 is 0 Å². The molecule has 0 aliphatic carbocycles. The number of hydrogen-bond donors (Lipinski definition) is 3. The van der Waals surface area contributed by atoms with E-state index in [9.17, 15) is 9.59 Å². The average molecular weight is 209 g/mol. The number of oxazole rings is 1. The van der Waals surface area contributed by atoms with E-state index in [4.69, 9.17) is 15.3 Å². The summed E-state index contributed by atoms with van der Waals surface area (Å²) in [5, 5.41) is 8.75. The first kappa shape index (κ1) is 9.25. The fourth-order valence-electron chi connectivity index (χ4n) is 1.31. The van der Waals surface area contributed by atoms with E-state index in [0.717, 1.165) is 0 Å². The molecule has 0 bridgehead atoms. The van der Waals surface area contributed by atoms with Crippen molar-refractivity contribution in [3.8, 4) is 0 Å². The summed E-state index contributed by atoms with van der Waals surface area (Å²) in [6.45, 7) is 1.57. The number of nitrogens with two attached hydrogens (primary N) is 1. The molecule has 0 fully saturated rings. The predicted octanol–water partition coefficient (Wildman–Crippen LogP) is 0.105. The molecule has 15 heavy (non-hydrogen) atoms. The summed E-state index contributed by atoms with van der Waals surface area (Å²) in [7, 11) is 0. The summed E-state index contributed by atoms with van der Waals surface area (Å²) < 4.78 is 5.07. The van der Waals surface area contributed by atoms with Gasteiger partial charge in [-0.15, -0.1) is 0 Å². The molecule has 0 spiro atoms. The van der Waals surface area contributed by atoms with Crippen molar-refractivity contribution in [3.63, 3.8) is 0 Å². The number of fused-ring (bicyclic) bond motifs is 1. The van der Waals surface area contributed by atoms with Gasteiger partial charge in [0, 0.05) is 6.92 Å². The second-order valence-corrected chi connectivity index (χ2v) is 2.96. The molecule has 0 saturated carbocycles. The molecule has 0 radical (unpaired) electrons. The van der Waals surface area contributed by atoms with Crippen molar-refractivity contribution in [1.29, 1.82) is 0 Å². The SMILES string of the molecule is Cc1nc2[nH]c(=O)c(C(=O)O)c(N)c2o1. The number of nitrogen functional groups attached to an aromatic ring is 1. The second-order valence-electron chi connectivity index (χ2n) is 2.96. The third-order valence-electron chi connectivity index (χ3n) is 1.92. The number of carbonyl (C=O) groups is 1. The van der Waals surface area contributed by atoms with E-state index in [2.05, 4.69) is 9.97 Å². The molecule has 7 nitrogen and oxygen atoms in total. The molecule has 0 aliphatic rings. The minimum atomic E-state index is -1.40. The van der Waals surface area contributed by atoms with Crippen LogP contribution in [0.2, 0.25) is 0 Å². The zero-order chi connectivity index (χ0) is 11.2. The van der Waals surface area contributed by atoms with Crippen LogP contribution in [0.25, 0.3) is 11.2 Å². The van der Waals surface area contributed by atoms with Gasteiger partial charge in [-0.25, -0.2) is 4.79 Å². The lowest BCUT2D eigenvalue weighted by Gasteiger charge is -1.98. The Kier molecular flexibility index (Phi) is 1.75. The third-order valence-corrected chi connectivity index (χ3v) is 1.92. The number of aromatic amines is 1. The number of carboxylic acids is 1. The number of anilines is 1. The minimum absolute atomic E-state index is 0.0875. The Balaban J connectivity index is 2.95. The molecule has 7 heteroatoms. The Morgan fingerprint density at radius 2 is 2.27 bits per heavy atom. The van der Waals surface area contributed by atoms with Crippen LogP contribution in [0.1, 0.15) is 16.2 Å². The van der Waals surface area contributed by atoms with Crippen LogP contribution in [0.3, 0.4) is 0 Å². The van der Waals surface area contributed by atoms with Crippen molar-refractivity contribution in [2.45, 2.75) is 6.92 Å². The molecule has 0 atom stereocenters. The van der Waals surface area contributed by atoms with E-state index >= 15 is 0 Å². The maximum atomic E-state index is 11.3. The molecule has 2 aromatic rings. The summed E-state index contributed by atoms with van der Waals surface area (Å²) >= 11 is 0. The zero-order valence-electron chi connectivity index (χ0n) is 7.70. The molecule has 2 aromatic heterocycles. The van der Waals surface area contributed by atoms with Crippen molar-refractivity contribution >= 4 is 22.9 Å². The van der Waals surface area contributed by atoms with Crippen molar-refractivity contribution in [2.24, 2.45) is 0 Å². The van der Waals surface area contributed by atoms with Gasteiger partial charge in [0.1, 0.15) is 0 Å². The number of pyridine rings is 1. The largest absolute Gasteiger partial charge is 0.477 e. The third kappa shape index (κ3) is 1.25. The summed E-state index contributed by atoms with van der Waals surface area (Å²) in [6.07, 6.45) is 0. The maximum absolute atomic E-state index is 11.3. The smallest absolute Gasteiger partial charge is 0.343 e. The highest BCUT2D eigenvalue weighted by Gasteiger charge is 2.19. The van der Waals surface area contributed by atoms with Crippen LogP contribution in [-0.4, -0.2) is 21.0 Å². The molecule has 0 aromatic carbocycles. The lowest BCUT2D eigenvalue weighted by Crippen LogP contribution is -2.20. The van der Waals surface area contributed by atoms with E-state index in [1.165, 1.54) is 0 Å². The number of hydrogen-bond acceptors (Lipinski definition) is 5. The van der Waals surface area contributed by atoms with Gasteiger partial charge >= 0.3 is 5.97 Å². The standard InChI is InChI=1S/C8H7N3O4/c1-2-10-6-5(15-2)4(9)3(8(13)14)7(12)11-6/h1H3,(H,13,14)(H3,9,11,12). The molecule has 4 N–H and O–H groups in total. The highest BCUT2D eigenvalue weighted by Crippen LogP contribution is 2.20. The lowest BCUT2D eigenvalue weighted by molar-refractivity contribution is 0.0696. The molecule has 2 rings (SSSR count). The van der Waals surface area contributed by atoms with Gasteiger partial charge in [0.25, 0.3) is 5.56 Å². The molecule has 0 unspecified atom stereocenters. The number of carboxylic acid groups (broad SMARTS) is 1. The van der Waals surface area contributed by atoms with Gasteiger partial charge in [-0.2, -0.15) is 4.98 Å². The van der Waals surface area contributed by atoms with Crippen LogP contribution in [0, 0.1) is 6.92 Å². The number of nitrogens with zero attached hydrogens (tertiary/aromatic N) is 1. The highest BCUT2D eigenvalue weighted by molar-refractivity contribution is 6.00. The van der Waals surface area contributed by atoms with Crippen LogP contribution in [0.5, 0.6) is 0 Å². The van der Waals surface area contributed by atoms with E-state index in [-0.39, 0.29) is 16.9 Å². The van der Waals surface area contributed by atoms with Crippen molar-refractivity contribution in [2.75, 3.05) is 5.73 Å². The van der Waals surface area contributed by atoms with Crippen molar-refractivity contribution < 1.29 is 14.3 Å². The van der Waals surface area contributed by atoms with Crippen molar-refractivity contribution in [3.05, 3.63) is 21.8 Å². The maximum Gasteiger partial charge on any atom is 0.343 e. The monoisotopic (exact) mass is 209 g/mol. The van der Waals surface area contributed by atoms with Crippen LogP contribution < -0.4 is 11.3 Å². The lowest BCUT2D eigenvalue weighted by atomic mass is 10.2. The molecule has 0 aliphatic heterocycles. The Bertz CT molecular complexity index is 610. The van der Waals surface area contributed by atoms with E-state index in [1.54, 1.807) is 6.92 Å². The van der Waals surface area contributed by atoms with Crippen molar-refractivity contribution in [1.82, 2.24) is 9.97 Å². The average Bonchev–Trinajstić information content (AvgIpc) is 2.45. The number of H-pyrrole nitrogens is 1. The van der Waals surface area contributed by atoms with E-state index in [0.29, 0.717) is 5.89 Å². The van der Waals surface area contributed by atoms with Gasteiger partial charge in [0.2, 0.25) is 0 Å². The quantitative estimate of drug-likeness (QED) is 0.612. The van der Waals surface area contributed by atoms with Gasteiger partial charge < -0.3 is 20.2 Å². The minimum Gasteiger partial charge on any atom is -0.477 e. The van der Waals surface area contributed by atoms with Gasteiger partial charge in [-0.05, 0) is 0 Å². The highest BCUT2D eigenvalue weighted by atomic mass is 16.4. The Morgan fingerprint density at radius 1 is 1.60 bits per heavy atom. The predicted molar refractivity (Wildman–Crippen MR) is 50.7 cm³/mol. The van der Waals surface area contributed by atoms with Crippen LogP contribution in [0.15, 0.2) is 9.21 Å². The number of nitrogens with one attached hydrogen (secondary N) is 1. The summed E-state index contributed by atoms with van der Waals surface area (Å²) in [6, 6.07) is 0. The molecular weight excluding hydrogens is 202 g/mol. The molecule has 0 amide bonds. The second kappa shape index (κ2) is 2.84. The first-order valence-corrected chi connectivity index (χ1v) is 4.03. The first-order chi connectivity index (χ1) is 7.00. The number of aromatic carboxylic acids is 1. The number of aromatic nitrogens is 2. The zero-order valence-corrected chi connectivity index (χ0v) is 7.70. The Hall–Kier alpha value is -2.31. The summed E-state index contributed by atoms with van der Waals surface area (Å²) in [5.41, 5.74) is 4.21. The molecular formula is C8H7N3O4. The first-order valence-electron chi connectivity index (χ1n) is 4.03. The Labute approximate surface area is 82.5 Å². The normalized spacial score (nSPS) is 10.7. The van der Waals surface area contributed by atoms with Gasteiger partial charge in [-0.3, -0.25) is 4.79 Å². The number of aryl methyl sites for hydroxylation is 1. The van der Waals surface area contributed by atoms with Gasteiger partial charge in [0.05, 0.1) is 5.69 Å². The fraction of sp³-hybridized carbons (Fsp3) is 0.125. The topological polar surface area (TPSA) is 122 Å². The molecule has 2 heterocycles. The van der Waals surface area contributed by atoms with E-state index in [1.807, 2.05) is 0 Å². The van der Waals surface area contributed by atoms with Crippen LogP contribution in [-0.2, 0) is 0 Å². The van der Waals surface area contributed by atoms with Crippen LogP contribution in [0.4, 0.5) is 5.69 Å². The molecule has 78 valence electrons. The number of rotatable bonds is 1. The van der Waals surface area contributed by atoms with E-state index < -0.39 is 17.1 Å². The summed E-state index contributed by atoms with van der Waals surface area (Å²) in [5.74, 6) is -1.10. The Morgan fingerprint density at radius 3 is 2.87 bits per heavy atom.